The first kappa shape index (κ1) is 14.2. The largest absolute Gasteiger partial charge is 0.467 e. The van der Waals surface area contributed by atoms with E-state index in [-0.39, 0.29) is 11.8 Å². The van der Waals surface area contributed by atoms with Gasteiger partial charge < -0.3 is 14.6 Å². The standard InChI is InChI=1S/C16H22N2O3/c19-15(17-11-13-7-4-10-21-13)14-8-9-18(16(14)20)12-5-2-1-3-6-12/h4,7,10,12,14H,1-3,5-6,8-9,11H2,(H,17,19)/t14-/m1/s1. The molecule has 1 aliphatic heterocycles. The highest BCUT2D eigenvalue weighted by molar-refractivity contribution is 6.01. The zero-order valence-corrected chi connectivity index (χ0v) is 12.2. The summed E-state index contributed by atoms with van der Waals surface area (Å²) in [6, 6.07) is 3.95. The Morgan fingerprint density at radius 2 is 2.10 bits per heavy atom. The molecule has 1 atom stereocenters. The van der Waals surface area contributed by atoms with Gasteiger partial charge in [-0.1, -0.05) is 19.3 Å². The highest BCUT2D eigenvalue weighted by atomic mass is 16.3. The van der Waals surface area contributed by atoms with Crippen LogP contribution in [0.3, 0.4) is 0 Å². The normalized spacial score (nSPS) is 23.5. The molecule has 0 aromatic carbocycles. The van der Waals surface area contributed by atoms with Gasteiger partial charge in [-0.2, -0.15) is 0 Å². The second-order valence-corrected chi connectivity index (χ2v) is 5.96. The third-order valence-corrected chi connectivity index (χ3v) is 4.59. The number of nitrogens with zero attached hydrogens (tertiary/aromatic N) is 1. The summed E-state index contributed by atoms with van der Waals surface area (Å²) in [4.78, 5) is 26.6. The number of hydrogen-bond acceptors (Lipinski definition) is 3. The van der Waals surface area contributed by atoms with Crippen LogP contribution >= 0.6 is 0 Å². The Labute approximate surface area is 124 Å². The zero-order chi connectivity index (χ0) is 14.7. The average Bonchev–Trinajstić information content (AvgIpc) is 3.15. The first-order valence-electron chi connectivity index (χ1n) is 7.86. The maximum Gasteiger partial charge on any atom is 0.235 e. The van der Waals surface area contributed by atoms with Gasteiger partial charge in [-0.3, -0.25) is 9.59 Å². The lowest BCUT2D eigenvalue weighted by Crippen LogP contribution is -2.41. The molecule has 1 saturated heterocycles. The number of carbonyl (C=O) groups is 2. The molecule has 2 amide bonds. The molecule has 2 fully saturated rings. The lowest BCUT2D eigenvalue weighted by Gasteiger charge is -2.31. The molecule has 21 heavy (non-hydrogen) atoms. The number of furan rings is 1. The van der Waals surface area contributed by atoms with E-state index in [9.17, 15) is 9.59 Å². The molecule has 2 aliphatic rings. The van der Waals surface area contributed by atoms with Crippen LogP contribution in [-0.2, 0) is 16.1 Å². The fourth-order valence-corrected chi connectivity index (χ4v) is 3.41. The molecule has 1 N–H and O–H groups in total. The van der Waals surface area contributed by atoms with Gasteiger partial charge in [0.2, 0.25) is 11.8 Å². The van der Waals surface area contributed by atoms with Crippen LogP contribution in [-0.4, -0.2) is 29.3 Å². The van der Waals surface area contributed by atoms with E-state index in [4.69, 9.17) is 4.42 Å². The van der Waals surface area contributed by atoms with Crippen LogP contribution < -0.4 is 5.32 Å². The van der Waals surface area contributed by atoms with Crippen LogP contribution in [0.1, 0.15) is 44.3 Å². The van der Waals surface area contributed by atoms with Gasteiger partial charge in [0.05, 0.1) is 12.8 Å². The molecule has 5 heteroatoms. The molecule has 1 saturated carbocycles. The highest BCUT2D eigenvalue weighted by Crippen LogP contribution is 2.28. The van der Waals surface area contributed by atoms with E-state index in [1.54, 1.807) is 12.3 Å². The van der Waals surface area contributed by atoms with E-state index in [0.29, 0.717) is 24.8 Å². The van der Waals surface area contributed by atoms with Gasteiger partial charge >= 0.3 is 0 Å². The van der Waals surface area contributed by atoms with Crippen LogP contribution in [0.5, 0.6) is 0 Å². The van der Waals surface area contributed by atoms with Crippen molar-refractivity contribution in [2.45, 2.75) is 51.1 Å². The Hall–Kier alpha value is -1.78. The number of hydrogen-bond donors (Lipinski definition) is 1. The topological polar surface area (TPSA) is 62.6 Å². The van der Waals surface area contributed by atoms with E-state index in [1.807, 2.05) is 11.0 Å². The molecule has 1 aromatic heterocycles. The van der Waals surface area contributed by atoms with E-state index >= 15 is 0 Å². The Morgan fingerprint density at radius 1 is 1.29 bits per heavy atom. The second kappa shape index (κ2) is 6.33. The molecule has 2 heterocycles. The number of nitrogens with one attached hydrogen (secondary N) is 1. The Bertz CT molecular complexity index is 492. The maximum absolute atomic E-state index is 12.4. The van der Waals surface area contributed by atoms with Gasteiger partial charge in [0.15, 0.2) is 0 Å². The van der Waals surface area contributed by atoms with Crippen molar-refractivity contribution in [1.82, 2.24) is 10.2 Å². The van der Waals surface area contributed by atoms with Crippen LogP contribution in [0.25, 0.3) is 0 Å². The molecular formula is C16H22N2O3. The van der Waals surface area contributed by atoms with Crippen molar-refractivity contribution >= 4 is 11.8 Å². The van der Waals surface area contributed by atoms with Crippen molar-refractivity contribution in [3.05, 3.63) is 24.2 Å². The maximum atomic E-state index is 12.4. The summed E-state index contributed by atoms with van der Waals surface area (Å²) in [6.07, 6.45) is 8.06. The molecule has 3 rings (SSSR count). The zero-order valence-electron chi connectivity index (χ0n) is 12.2. The van der Waals surface area contributed by atoms with Gasteiger partial charge in [0.1, 0.15) is 11.7 Å². The third kappa shape index (κ3) is 3.12. The summed E-state index contributed by atoms with van der Waals surface area (Å²) in [5, 5.41) is 2.80. The minimum Gasteiger partial charge on any atom is -0.467 e. The minimum absolute atomic E-state index is 0.0128. The molecule has 1 aliphatic carbocycles. The van der Waals surface area contributed by atoms with Crippen LogP contribution in [0.2, 0.25) is 0 Å². The smallest absolute Gasteiger partial charge is 0.235 e. The van der Waals surface area contributed by atoms with Crippen molar-refractivity contribution in [3.63, 3.8) is 0 Å². The van der Waals surface area contributed by atoms with E-state index in [2.05, 4.69) is 5.32 Å². The van der Waals surface area contributed by atoms with Crippen molar-refractivity contribution in [2.75, 3.05) is 6.54 Å². The van der Waals surface area contributed by atoms with Gasteiger partial charge in [0.25, 0.3) is 0 Å². The molecule has 114 valence electrons. The van der Waals surface area contributed by atoms with E-state index in [0.717, 1.165) is 19.4 Å². The summed E-state index contributed by atoms with van der Waals surface area (Å²) in [5.74, 6) is 0.0355. The van der Waals surface area contributed by atoms with E-state index < -0.39 is 5.92 Å². The molecular weight excluding hydrogens is 268 g/mol. The van der Waals surface area contributed by atoms with Crippen LogP contribution in [0.4, 0.5) is 0 Å². The summed E-state index contributed by atoms with van der Waals surface area (Å²) >= 11 is 0. The lowest BCUT2D eigenvalue weighted by atomic mass is 9.94. The van der Waals surface area contributed by atoms with Crippen molar-refractivity contribution in [2.24, 2.45) is 5.92 Å². The fourth-order valence-electron chi connectivity index (χ4n) is 3.41. The number of amides is 2. The first-order chi connectivity index (χ1) is 10.3. The van der Waals surface area contributed by atoms with Gasteiger partial charge in [-0.25, -0.2) is 0 Å². The van der Waals surface area contributed by atoms with Gasteiger partial charge in [0, 0.05) is 12.6 Å². The molecule has 1 aromatic rings. The van der Waals surface area contributed by atoms with Gasteiger partial charge in [-0.05, 0) is 31.4 Å². The SMILES string of the molecule is O=C(NCc1ccco1)[C@H]1CCN(C2CCCCC2)C1=O. The monoisotopic (exact) mass is 290 g/mol. The summed E-state index contributed by atoms with van der Waals surface area (Å²) < 4.78 is 5.18. The Kier molecular flexibility index (Phi) is 4.27. The minimum atomic E-state index is -0.512. The quantitative estimate of drug-likeness (QED) is 0.864. The highest BCUT2D eigenvalue weighted by Gasteiger charge is 2.39. The number of carbonyl (C=O) groups excluding carboxylic acids is 2. The van der Waals surface area contributed by atoms with Crippen molar-refractivity contribution in [1.29, 1.82) is 0 Å². The number of likely N-dealkylation sites (tertiary alicyclic amines) is 1. The van der Waals surface area contributed by atoms with Crippen molar-refractivity contribution < 1.29 is 14.0 Å². The van der Waals surface area contributed by atoms with Crippen LogP contribution in [0.15, 0.2) is 22.8 Å². The van der Waals surface area contributed by atoms with Gasteiger partial charge in [-0.15, -0.1) is 0 Å². The summed E-state index contributed by atoms with van der Waals surface area (Å²) in [7, 11) is 0. The molecule has 0 radical (unpaired) electrons. The molecule has 0 spiro atoms. The summed E-state index contributed by atoms with van der Waals surface area (Å²) in [5.41, 5.74) is 0. The van der Waals surface area contributed by atoms with E-state index in [1.165, 1.54) is 19.3 Å². The predicted molar refractivity (Wildman–Crippen MR) is 77.2 cm³/mol. The fraction of sp³-hybridized carbons (Fsp3) is 0.625. The van der Waals surface area contributed by atoms with Crippen LogP contribution in [0, 0.1) is 5.92 Å². The lowest BCUT2D eigenvalue weighted by molar-refractivity contribution is -0.139. The molecule has 0 bridgehead atoms. The Morgan fingerprint density at radius 3 is 2.81 bits per heavy atom. The molecule has 5 nitrogen and oxygen atoms in total. The third-order valence-electron chi connectivity index (χ3n) is 4.59. The predicted octanol–water partition coefficient (Wildman–Crippen LogP) is 2.08. The van der Waals surface area contributed by atoms with Crippen molar-refractivity contribution in [3.8, 4) is 0 Å². The molecule has 0 unspecified atom stereocenters. The average molecular weight is 290 g/mol. The first-order valence-corrected chi connectivity index (χ1v) is 7.86. The Balaban J connectivity index is 1.54. The second-order valence-electron chi connectivity index (χ2n) is 5.96. The number of rotatable bonds is 4. The summed E-state index contributed by atoms with van der Waals surface area (Å²) in [6.45, 7) is 1.07.